The van der Waals surface area contributed by atoms with Crippen LogP contribution in [0.25, 0.3) is 0 Å². The van der Waals surface area contributed by atoms with E-state index in [9.17, 15) is 14.9 Å². The van der Waals surface area contributed by atoms with Gasteiger partial charge in [0.05, 0.1) is 17.5 Å². The number of amides is 1. The molecule has 90 valence electrons. The Labute approximate surface area is 98.4 Å². The lowest BCUT2D eigenvalue weighted by Gasteiger charge is -2.33. The Morgan fingerprint density at radius 2 is 2.06 bits per heavy atom. The molecule has 0 radical (unpaired) electrons. The van der Waals surface area contributed by atoms with Crippen LogP contribution in [0.3, 0.4) is 0 Å². The van der Waals surface area contributed by atoms with Crippen LogP contribution in [0.15, 0.2) is 24.3 Å². The van der Waals surface area contributed by atoms with Crippen LogP contribution in [-0.4, -0.2) is 35.9 Å². The summed E-state index contributed by atoms with van der Waals surface area (Å²) in [6.45, 7) is 1.01. The fourth-order valence-corrected chi connectivity index (χ4v) is 1.91. The van der Waals surface area contributed by atoms with Crippen molar-refractivity contribution in [3.63, 3.8) is 0 Å². The SMILES string of the molecule is CN1C(=O)CNCC1c1ccc([N+](=O)[O-])cc1. The second-order valence-electron chi connectivity index (χ2n) is 4.00. The first-order valence-corrected chi connectivity index (χ1v) is 5.30. The maximum Gasteiger partial charge on any atom is 0.269 e. The number of carbonyl (C=O) groups excluding carboxylic acids is 1. The Morgan fingerprint density at radius 3 is 2.65 bits per heavy atom. The van der Waals surface area contributed by atoms with Crippen molar-refractivity contribution < 1.29 is 9.72 Å². The molecular formula is C11H13N3O3. The molecule has 6 nitrogen and oxygen atoms in total. The molecule has 0 aliphatic carbocycles. The highest BCUT2D eigenvalue weighted by molar-refractivity contribution is 5.79. The minimum atomic E-state index is -0.433. The van der Waals surface area contributed by atoms with Gasteiger partial charge in [-0.3, -0.25) is 14.9 Å². The molecule has 1 N–H and O–H groups in total. The first-order valence-electron chi connectivity index (χ1n) is 5.30. The summed E-state index contributed by atoms with van der Waals surface area (Å²) in [6, 6.07) is 6.25. The number of piperazine rings is 1. The van der Waals surface area contributed by atoms with Crippen molar-refractivity contribution in [2.45, 2.75) is 6.04 Å². The molecule has 1 aromatic carbocycles. The standard InChI is InChI=1S/C11H13N3O3/c1-13-10(6-12-7-11(13)15)8-2-4-9(5-3-8)14(16)17/h2-5,10,12H,6-7H2,1H3. The number of non-ortho nitro benzene ring substituents is 1. The smallest absolute Gasteiger partial charge is 0.269 e. The summed E-state index contributed by atoms with van der Waals surface area (Å²) in [4.78, 5) is 23.3. The highest BCUT2D eigenvalue weighted by Crippen LogP contribution is 2.23. The van der Waals surface area contributed by atoms with Crippen LogP contribution in [0.5, 0.6) is 0 Å². The van der Waals surface area contributed by atoms with E-state index >= 15 is 0 Å². The molecule has 1 aliphatic rings. The third-order valence-corrected chi connectivity index (χ3v) is 2.96. The van der Waals surface area contributed by atoms with E-state index in [0.29, 0.717) is 13.1 Å². The Hall–Kier alpha value is -1.95. The first kappa shape index (κ1) is 11.5. The molecule has 1 unspecified atom stereocenters. The van der Waals surface area contributed by atoms with Gasteiger partial charge in [0.2, 0.25) is 5.91 Å². The number of nitrogens with one attached hydrogen (secondary N) is 1. The number of rotatable bonds is 2. The van der Waals surface area contributed by atoms with Crippen LogP contribution < -0.4 is 5.32 Å². The minimum Gasteiger partial charge on any atom is -0.336 e. The Balaban J connectivity index is 2.22. The van der Waals surface area contributed by atoms with E-state index in [1.807, 2.05) is 0 Å². The van der Waals surface area contributed by atoms with Crippen LogP contribution in [0.4, 0.5) is 5.69 Å². The summed E-state index contributed by atoms with van der Waals surface area (Å²) in [7, 11) is 1.75. The zero-order valence-corrected chi connectivity index (χ0v) is 9.42. The minimum absolute atomic E-state index is 0.0274. The summed E-state index contributed by atoms with van der Waals surface area (Å²) in [5, 5.41) is 13.6. The fourth-order valence-electron chi connectivity index (χ4n) is 1.91. The molecule has 1 aromatic rings. The van der Waals surface area contributed by atoms with E-state index in [1.54, 1.807) is 24.1 Å². The van der Waals surface area contributed by atoms with Crippen molar-refractivity contribution >= 4 is 11.6 Å². The quantitative estimate of drug-likeness (QED) is 0.604. The zero-order valence-electron chi connectivity index (χ0n) is 9.42. The van der Waals surface area contributed by atoms with Gasteiger partial charge in [0, 0.05) is 25.7 Å². The number of hydrogen-bond donors (Lipinski definition) is 1. The number of nitro benzene ring substituents is 1. The van der Waals surface area contributed by atoms with Crippen molar-refractivity contribution in [3.05, 3.63) is 39.9 Å². The summed E-state index contributed by atoms with van der Waals surface area (Å²) >= 11 is 0. The van der Waals surface area contributed by atoms with E-state index in [4.69, 9.17) is 0 Å². The molecule has 6 heteroatoms. The fraction of sp³-hybridized carbons (Fsp3) is 0.364. The van der Waals surface area contributed by atoms with Crippen molar-refractivity contribution in [3.8, 4) is 0 Å². The molecule has 1 amide bonds. The normalized spacial score (nSPS) is 20.4. The van der Waals surface area contributed by atoms with E-state index in [2.05, 4.69) is 5.32 Å². The van der Waals surface area contributed by atoms with Crippen LogP contribution >= 0.6 is 0 Å². The predicted octanol–water partition coefficient (Wildman–Crippen LogP) is 0.698. The second kappa shape index (κ2) is 4.50. The number of nitro groups is 1. The molecule has 0 spiro atoms. The molecule has 17 heavy (non-hydrogen) atoms. The van der Waals surface area contributed by atoms with Crippen LogP contribution in [-0.2, 0) is 4.79 Å². The van der Waals surface area contributed by atoms with Gasteiger partial charge in [0.1, 0.15) is 0 Å². The summed E-state index contributed by atoms with van der Waals surface area (Å²) < 4.78 is 0. The van der Waals surface area contributed by atoms with Gasteiger partial charge in [0.15, 0.2) is 0 Å². The van der Waals surface area contributed by atoms with E-state index in [1.165, 1.54) is 12.1 Å². The largest absolute Gasteiger partial charge is 0.336 e. The van der Waals surface area contributed by atoms with Gasteiger partial charge in [-0.15, -0.1) is 0 Å². The summed E-state index contributed by atoms with van der Waals surface area (Å²) in [6.07, 6.45) is 0. The number of nitrogens with zero attached hydrogens (tertiary/aromatic N) is 2. The van der Waals surface area contributed by atoms with Gasteiger partial charge in [-0.1, -0.05) is 12.1 Å². The van der Waals surface area contributed by atoms with Gasteiger partial charge >= 0.3 is 0 Å². The van der Waals surface area contributed by atoms with Gasteiger partial charge < -0.3 is 10.2 Å². The van der Waals surface area contributed by atoms with Crippen molar-refractivity contribution in [1.29, 1.82) is 0 Å². The van der Waals surface area contributed by atoms with E-state index < -0.39 is 4.92 Å². The van der Waals surface area contributed by atoms with Crippen LogP contribution in [0, 0.1) is 10.1 Å². The number of carbonyl (C=O) groups is 1. The van der Waals surface area contributed by atoms with Crippen molar-refractivity contribution in [2.75, 3.05) is 20.1 Å². The van der Waals surface area contributed by atoms with Gasteiger partial charge in [-0.25, -0.2) is 0 Å². The molecular weight excluding hydrogens is 222 g/mol. The van der Waals surface area contributed by atoms with Gasteiger partial charge in [-0.05, 0) is 5.56 Å². The van der Waals surface area contributed by atoms with E-state index in [0.717, 1.165) is 5.56 Å². The topological polar surface area (TPSA) is 75.5 Å². The van der Waals surface area contributed by atoms with Gasteiger partial charge in [-0.2, -0.15) is 0 Å². The lowest BCUT2D eigenvalue weighted by molar-refractivity contribution is -0.384. The molecule has 1 aliphatic heterocycles. The van der Waals surface area contributed by atoms with Crippen molar-refractivity contribution in [1.82, 2.24) is 10.2 Å². The molecule has 1 fully saturated rings. The predicted molar refractivity (Wildman–Crippen MR) is 61.5 cm³/mol. The highest BCUT2D eigenvalue weighted by atomic mass is 16.6. The third kappa shape index (κ3) is 2.26. The Morgan fingerprint density at radius 1 is 1.41 bits per heavy atom. The molecule has 0 saturated carbocycles. The summed E-state index contributed by atoms with van der Waals surface area (Å²) in [5.41, 5.74) is 0.963. The molecule has 0 aromatic heterocycles. The molecule has 0 bridgehead atoms. The average molecular weight is 235 g/mol. The van der Waals surface area contributed by atoms with E-state index in [-0.39, 0.29) is 17.6 Å². The van der Waals surface area contributed by atoms with Crippen molar-refractivity contribution in [2.24, 2.45) is 0 Å². The molecule has 1 atom stereocenters. The van der Waals surface area contributed by atoms with Crippen LogP contribution in [0.2, 0.25) is 0 Å². The average Bonchev–Trinajstić information content (AvgIpc) is 2.33. The number of likely N-dealkylation sites (N-methyl/N-ethyl adjacent to an activating group) is 1. The van der Waals surface area contributed by atoms with Crippen LogP contribution in [0.1, 0.15) is 11.6 Å². The highest BCUT2D eigenvalue weighted by Gasteiger charge is 2.25. The zero-order chi connectivity index (χ0) is 12.4. The Kier molecular flexibility index (Phi) is 3.06. The first-order chi connectivity index (χ1) is 8.09. The molecule has 1 heterocycles. The molecule has 1 saturated heterocycles. The number of benzene rings is 1. The maximum absolute atomic E-state index is 11.5. The monoisotopic (exact) mass is 235 g/mol. The maximum atomic E-state index is 11.5. The Bertz CT molecular complexity index is 444. The summed E-state index contributed by atoms with van der Waals surface area (Å²) in [5.74, 6) is 0.0274. The van der Waals surface area contributed by atoms with Gasteiger partial charge in [0.25, 0.3) is 5.69 Å². The second-order valence-corrected chi connectivity index (χ2v) is 4.00. The lowest BCUT2D eigenvalue weighted by atomic mass is 10.0. The lowest BCUT2D eigenvalue weighted by Crippen LogP contribution is -2.47. The molecule has 2 rings (SSSR count). The third-order valence-electron chi connectivity index (χ3n) is 2.96. The number of hydrogen-bond acceptors (Lipinski definition) is 4.